The molecule has 0 aromatic carbocycles. The zero-order valence-electron chi connectivity index (χ0n) is 12.9. The molecule has 0 spiro atoms. The summed E-state index contributed by atoms with van der Waals surface area (Å²) in [6.07, 6.45) is 4.61. The van der Waals surface area contributed by atoms with Gasteiger partial charge < -0.3 is 10.2 Å². The van der Waals surface area contributed by atoms with Gasteiger partial charge in [-0.2, -0.15) is 0 Å². The Bertz CT molecular complexity index is 501. The maximum absolute atomic E-state index is 12.4. The number of amides is 2. The van der Waals surface area contributed by atoms with Crippen molar-refractivity contribution in [2.45, 2.75) is 20.3 Å². The number of fused-ring (bicyclic) bond motifs is 1. The van der Waals surface area contributed by atoms with E-state index in [1.54, 1.807) is 11.1 Å². The smallest absolute Gasteiger partial charge is 0.322 e. The lowest BCUT2D eigenvalue weighted by Gasteiger charge is -2.36. The van der Waals surface area contributed by atoms with E-state index in [9.17, 15) is 4.79 Å². The number of hydrogen-bond donors (Lipinski definition) is 1. The van der Waals surface area contributed by atoms with Crippen molar-refractivity contribution < 1.29 is 4.79 Å². The van der Waals surface area contributed by atoms with Crippen LogP contribution in [0.4, 0.5) is 16.3 Å². The van der Waals surface area contributed by atoms with Gasteiger partial charge in [0.15, 0.2) is 5.82 Å². The number of rotatable bonds is 5. The molecule has 0 radical (unpaired) electrons. The van der Waals surface area contributed by atoms with Gasteiger partial charge in [-0.15, -0.1) is 6.58 Å². The molecule has 114 valence electrons. The molecule has 1 N–H and O–H groups in total. The number of nitrogens with zero attached hydrogens (tertiary/aromatic N) is 3. The molecule has 5 heteroatoms. The number of carbonyl (C=O) groups excluding carboxylic acids is 1. The summed E-state index contributed by atoms with van der Waals surface area (Å²) >= 11 is 0. The van der Waals surface area contributed by atoms with Gasteiger partial charge in [0.25, 0.3) is 0 Å². The lowest BCUT2D eigenvalue weighted by Crippen LogP contribution is -2.48. The second kappa shape index (κ2) is 7.11. The van der Waals surface area contributed by atoms with Gasteiger partial charge in [0.05, 0.1) is 5.69 Å². The van der Waals surface area contributed by atoms with Crippen LogP contribution in [-0.4, -0.2) is 37.2 Å². The first-order valence-electron chi connectivity index (χ1n) is 7.49. The molecule has 1 aromatic heterocycles. The van der Waals surface area contributed by atoms with Crippen molar-refractivity contribution in [1.29, 1.82) is 0 Å². The van der Waals surface area contributed by atoms with Crippen LogP contribution >= 0.6 is 0 Å². The Hall–Kier alpha value is -2.04. The summed E-state index contributed by atoms with van der Waals surface area (Å²) in [5, 5.41) is 2.99. The van der Waals surface area contributed by atoms with E-state index in [0.29, 0.717) is 19.0 Å². The highest BCUT2D eigenvalue weighted by molar-refractivity contribution is 5.96. The van der Waals surface area contributed by atoms with E-state index in [2.05, 4.69) is 35.6 Å². The molecule has 1 aliphatic heterocycles. The van der Waals surface area contributed by atoms with Crippen LogP contribution in [0.3, 0.4) is 0 Å². The van der Waals surface area contributed by atoms with Crippen LogP contribution in [0.15, 0.2) is 31.0 Å². The van der Waals surface area contributed by atoms with Crippen LogP contribution in [0.25, 0.3) is 0 Å². The molecule has 0 bridgehead atoms. The lowest BCUT2D eigenvalue weighted by atomic mass is 10.1. The first-order valence-corrected chi connectivity index (χ1v) is 7.49. The molecule has 0 saturated carbocycles. The van der Waals surface area contributed by atoms with Crippen LogP contribution < -0.4 is 15.1 Å². The number of aromatic nitrogens is 1. The monoisotopic (exact) mass is 288 g/mol. The van der Waals surface area contributed by atoms with Crippen molar-refractivity contribution >= 4 is 17.5 Å². The molecule has 1 aliphatic rings. The van der Waals surface area contributed by atoms with Crippen LogP contribution in [0.1, 0.15) is 20.3 Å². The van der Waals surface area contributed by atoms with E-state index in [4.69, 9.17) is 0 Å². The minimum atomic E-state index is -0.0387. The number of pyridine rings is 1. The summed E-state index contributed by atoms with van der Waals surface area (Å²) in [6, 6.07) is 3.77. The van der Waals surface area contributed by atoms with Crippen LogP contribution in [-0.2, 0) is 0 Å². The van der Waals surface area contributed by atoms with Crippen LogP contribution in [0.5, 0.6) is 0 Å². The van der Waals surface area contributed by atoms with E-state index in [0.717, 1.165) is 31.0 Å². The molecule has 0 aliphatic carbocycles. The summed E-state index contributed by atoms with van der Waals surface area (Å²) in [7, 11) is 0. The molecular weight excluding hydrogens is 264 g/mol. The highest BCUT2D eigenvalue weighted by atomic mass is 16.2. The zero-order chi connectivity index (χ0) is 15.2. The van der Waals surface area contributed by atoms with Crippen molar-refractivity contribution in [1.82, 2.24) is 10.3 Å². The Morgan fingerprint density at radius 1 is 1.52 bits per heavy atom. The number of anilines is 2. The van der Waals surface area contributed by atoms with E-state index in [1.807, 2.05) is 18.2 Å². The van der Waals surface area contributed by atoms with Gasteiger partial charge in [0.1, 0.15) is 0 Å². The van der Waals surface area contributed by atoms with Gasteiger partial charge in [0, 0.05) is 32.4 Å². The summed E-state index contributed by atoms with van der Waals surface area (Å²) in [4.78, 5) is 20.7. The second-order valence-electron chi connectivity index (χ2n) is 5.65. The zero-order valence-corrected chi connectivity index (χ0v) is 12.9. The van der Waals surface area contributed by atoms with Gasteiger partial charge in [-0.25, -0.2) is 9.78 Å². The van der Waals surface area contributed by atoms with Crippen molar-refractivity contribution in [3.8, 4) is 0 Å². The molecule has 2 amide bonds. The lowest BCUT2D eigenvalue weighted by molar-refractivity contribution is 0.245. The van der Waals surface area contributed by atoms with Crippen LogP contribution in [0, 0.1) is 5.92 Å². The molecule has 0 atom stereocenters. The predicted octanol–water partition coefficient (Wildman–Crippen LogP) is 2.65. The standard InChI is InChI=1S/C16H24N4O/c1-4-10-19-11-12-20(14-6-5-8-17-15(14)19)16(21)18-9-7-13(2)3/h4-6,8,13H,1,7,9-12H2,2-3H3,(H,18,21). The van der Waals surface area contributed by atoms with Gasteiger partial charge in [-0.3, -0.25) is 4.90 Å². The minimum absolute atomic E-state index is 0.0387. The quantitative estimate of drug-likeness (QED) is 0.847. The van der Waals surface area contributed by atoms with Gasteiger partial charge in [-0.05, 0) is 24.5 Å². The van der Waals surface area contributed by atoms with Crippen molar-refractivity contribution in [3.05, 3.63) is 31.0 Å². The average Bonchev–Trinajstić information content (AvgIpc) is 2.47. The van der Waals surface area contributed by atoms with E-state index < -0.39 is 0 Å². The largest absolute Gasteiger partial charge is 0.349 e. The predicted molar refractivity (Wildman–Crippen MR) is 86.8 cm³/mol. The van der Waals surface area contributed by atoms with Gasteiger partial charge in [0.2, 0.25) is 0 Å². The van der Waals surface area contributed by atoms with Crippen molar-refractivity contribution in [2.75, 3.05) is 36.0 Å². The van der Waals surface area contributed by atoms with Gasteiger partial charge >= 0.3 is 6.03 Å². The Morgan fingerprint density at radius 3 is 3.05 bits per heavy atom. The topological polar surface area (TPSA) is 48.5 Å². The Labute approximate surface area is 126 Å². The first-order chi connectivity index (χ1) is 10.1. The van der Waals surface area contributed by atoms with E-state index in [-0.39, 0.29) is 6.03 Å². The molecule has 0 saturated heterocycles. The molecule has 2 rings (SSSR count). The molecule has 0 unspecified atom stereocenters. The molecule has 0 fully saturated rings. The molecule has 2 heterocycles. The highest BCUT2D eigenvalue weighted by Crippen LogP contribution is 2.30. The third kappa shape index (κ3) is 3.74. The summed E-state index contributed by atoms with van der Waals surface area (Å²) in [6.45, 7) is 11.0. The SMILES string of the molecule is C=CCN1CCN(C(=O)NCCC(C)C)c2cccnc21. The maximum atomic E-state index is 12.4. The number of urea groups is 1. The molecule has 1 aromatic rings. The number of nitrogens with one attached hydrogen (secondary N) is 1. The molecule has 5 nitrogen and oxygen atoms in total. The minimum Gasteiger partial charge on any atom is -0.349 e. The maximum Gasteiger partial charge on any atom is 0.322 e. The number of carbonyl (C=O) groups is 1. The first kappa shape index (κ1) is 15.4. The Balaban J connectivity index is 2.09. The fourth-order valence-electron chi connectivity index (χ4n) is 2.40. The second-order valence-corrected chi connectivity index (χ2v) is 5.65. The summed E-state index contributed by atoms with van der Waals surface area (Å²) in [5.41, 5.74) is 0.868. The molecule has 21 heavy (non-hydrogen) atoms. The van der Waals surface area contributed by atoms with E-state index >= 15 is 0 Å². The fourth-order valence-corrected chi connectivity index (χ4v) is 2.40. The Morgan fingerprint density at radius 2 is 2.33 bits per heavy atom. The molecular formula is C16H24N4O. The van der Waals surface area contributed by atoms with Crippen molar-refractivity contribution in [3.63, 3.8) is 0 Å². The van der Waals surface area contributed by atoms with Crippen molar-refractivity contribution in [2.24, 2.45) is 5.92 Å². The Kier molecular flexibility index (Phi) is 5.20. The summed E-state index contributed by atoms with van der Waals surface area (Å²) in [5.74, 6) is 1.44. The number of hydrogen-bond acceptors (Lipinski definition) is 3. The average molecular weight is 288 g/mol. The van der Waals surface area contributed by atoms with Crippen LogP contribution in [0.2, 0.25) is 0 Å². The third-order valence-electron chi connectivity index (χ3n) is 3.54. The third-order valence-corrected chi connectivity index (χ3v) is 3.54. The fraction of sp³-hybridized carbons (Fsp3) is 0.500. The van der Waals surface area contributed by atoms with Gasteiger partial charge in [-0.1, -0.05) is 19.9 Å². The normalized spacial score (nSPS) is 14.0. The highest BCUT2D eigenvalue weighted by Gasteiger charge is 2.26. The van der Waals surface area contributed by atoms with E-state index in [1.165, 1.54) is 0 Å². The summed E-state index contributed by atoms with van der Waals surface area (Å²) < 4.78 is 0.